The van der Waals surface area contributed by atoms with Gasteiger partial charge in [-0.15, -0.1) is 0 Å². The Balaban J connectivity index is 2.10. The summed E-state index contributed by atoms with van der Waals surface area (Å²) < 4.78 is 10.1. The van der Waals surface area contributed by atoms with Crippen molar-refractivity contribution in [1.29, 1.82) is 0 Å². The molecule has 1 aromatic heterocycles. The van der Waals surface area contributed by atoms with E-state index in [9.17, 15) is 9.59 Å². The molecular formula is C16H17NO4. The third-order valence-electron chi connectivity index (χ3n) is 2.64. The Kier molecular flexibility index (Phi) is 4.21. The highest BCUT2D eigenvalue weighted by Gasteiger charge is 2.20. The first-order valence-electron chi connectivity index (χ1n) is 6.59. The maximum absolute atomic E-state index is 12.1. The standard InChI is InChI=1S/C16H17NO4/c1-16(2,3)21-15(19)8-14(18)12-6-4-5-11(7-12)13-9-20-10-17-13/h4-7,9-10H,8H2,1-3H3. The highest BCUT2D eigenvalue weighted by Crippen LogP contribution is 2.19. The number of hydrogen-bond donors (Lipinski definition) is 0. The van der Waals surface area contributed by atoms with E-state index in [1.807, 2.05) is 6.07 Å². The molecule has 0 N–H and O–H groups in total. The van der Waals surface area contributed by atoms with Gasteiger partial charge < -0.3 is 9.15 Å². The first kappa shape index (κ1) is 15.0. The summed E-state index contributed by atoms with van der Waals surface area (Å²) in [5.41, 5.74) is 1.25. The average Bonchev–Trinajstić information content (AvgIpc) is 2.90. The number of hydrogen-bond acceptors (Lipinski definition) is 5. The Hall–Kier alpha value is -2.43. The predicted molar refractivity (Wildman–Crippen MR) is 76.7 cm³/mol. The topological polar surface area (TPSA) is 69.4 Å². The average molecular weight is 287 g/mol. The van der Waals surface area contributed by atoms with Gasteiger partial charge in [0.1, 0.15) is 24.0 Å². The van der Waals surface area contributed by atoms with Gasteiger partial charge in [0.25, 0.3) is 0 Å². The summed E-state index contributed by atoms with van der Waals surface area (Å²) in [6.45, 7) is 5.29. The molecule has 0 atom stereocenters. The number of Topliss-reactive ketones (excluding diaryl/α,β-unsaturated/α-hetero) is 1. The van der Waals surface area contributed by atoms with Crippen molar-refractivity contribution >= 4 is 11.8 Å². The number of ketones is 1. The van der Waals surface area contributed by atoms with E-state index in [0.29, 0.717) is 11.3 Å². The van der Waals surface area contributed by atoms with Gasteiger partial charge in [-0.2, -0.15) is 0 Å². The van der Waals surface area contributed by atoms with E-state index in [2.05, 4.69) is 4.98 Å². The number of oxazole rings is 1. The van der Waals surface area contributed by atoms with Crippen LogP contribution in [0.3, 0.4) is 0 Å². The van der Waals surface area contributed by atoms with Crippen molar-refractivity contribution in [2.24, 2.45) is 0 Å². The number of carbonyl (C=O) groups is 2. The summed E-state index contributed by atoms with van der Waals surface area (Å²) in [4.78, 5) is 27.8. The van der Waals surface area contributed by atoms with Gasteiger partial charge >= 0.3 is 5.97 Å². The number of benzene rings is 1. The Bertz CT molecular complexity index is 639. The van der Waals surface area contributed by atoms with Crippen LogP contribution < -0.4 is 0 Å². The van der Waals surface area contributed by atoms with Gasteiger partial charge in [0.2, 0.25) is 0 Å². The van der Waals surface area contributed by atoms with Crippen LogP contribution in [0.25, 0.3) is 11.3 Å². The van der Waals surface area contributed by atoms with Crippen molar-refractivity contribution in [3.8, 4) is 11.3 Å². The Morgan fingerprint density at radius 1 is 1.29 bits per heavy atom. The fourth-order valence-electron chi connectivity index (χ4n) is 1.82. The van der Waals surface area contributed by atoms with Crippen LogP contribution in [0.5, 0.6) is 0 Å². The number of aromatic nitrogens is 1. The van der Waals surface area contributed by atoms with Crippen molar-refractivity contribution < 1.29 is 18.7 Å². The quantitative estimate of drug-likeness (QED) is 0.490. The second-order valence-corrected chi connectivity index (χ2v) is 5.64. The maximum atomic E-state index is 12.1. The zero-order chi connectivity index (χ0) is 15.5. The largest absolute Gasteiger partial charge is 0.460 e. The van der Waals surface area contributed by atoms with E-state index in [0.717, 1.165) is 5.56 Å². The van der Waals surface area contributed by atoms with Crippen LogP contribution in [0.1, 0.15) is 37.6 Å². The lowest BCUT2D eigenvalue weighted by Gasteiger charge is -2.19. The molecule has 0 bridgehead atoms. The first-order valence-corrected chi connectivity index (χ1v) is 6.59. The van der Waals surface area contributed by atoms with Crippen molar-refractivity contribution in [3.63, 3.8) is 0 Å². The van der Waals surface area contributed by atoms with E-state index in [4.69, 9.17) is 9.15 Å². The Labute approximate surface area is 122 Å². The summed E-state index contributed by atoms with van der Waals surface area (Å²) in [7, 11) is 0. The molecule has 0 saturated heterocycles. The van der Waals surface area contributed by atoms with Crippen LogP contribution in [0.4, 0.5) is 0 Å². The van der Waals surface area contributed by atoms with Crippen LogP contribution in [-0.4, -0.2) is 22.3 Å². The molecule has 5 nitrogen and oxygen atoms in total. The Morgan fingerprint density at radius 2 is 2.05 bits per heavy atom. The molecule has 1 aromatic carbocycles. The molecular weight excluding hydrogens is 270 g/mol. The minimum atomic E-state index is -0.597. The van der Waals surface area contributed by atoms with Gasteiger partial charge in [0, 0.05) is 11.1 Å². The second kappa shape index (κ2) is 5.91. The Morgan fingerprint density at radius 3 is 2.67 bits per heavy atom. The van der Waals surface area contributed by atoms with Crippen molar-refractivity contribution in [1.82, 2.24) is 4.98 Å². The predicted octanol–water partition coefficient (Wildman–Crippen LogP) is 3.26. The zero-order valence-corrected chi connectivity index (χ0v) is 12.3. The lowest BCUT2D eigenvalue weighted by molar-refractivity contribution is -0.153. The lowest BCUT2D eigenvalue weighted by Crippen LogP contribution is -2.25. The molecule has 0 saturated carbocycles. The normalized spacial score (nSPS) is 11.2. The molecule has 0 aliphatic rings. The number of ether oxygens (including phenoxy) is 1. The third kappa shape index (κ3) is 4.27. The molecule has 5 heteroatoms. The van der Waals surface area contributed by atoms with Gasteiger partial charge in [-0.05, 0) is 26.8 Å². The highest BCUT2D eigenvalue weighted by molar-refractivity contribution is 6.06. The summed E-state index contributed by atoms with van der Waals surface area (Å²) in [6.07, 6.45) is 2.54. The molecule has 0 unspecified atom stereocenters. The molecule has 0 amide bonds. The van der Waals surface area contributed by atoms with E-state index >= 15 is 0 Å². The minimum absolute atomic E-state index is 0.278. The van der Waals surface area contributed by atoms with Gasteiger partial charge in [-0.25, -0.2) is 4.98 Å². The first-order chi connectivity index (χ1) is 9.85. The molecule has 2 rings (SSSR count). The summed E-state index contributed by atoms with van der Waals surface area (Å²) in [5.74, 6) is -0.811. The third-order valence-corrected chi connectivity index (χ3v) is 2.64. The number of rotatable bonds is 4. The van der Waals surface area contributed by atoms with Crippen LogP contribution in [0.2, 0.25) is 0 Å². The molecule has 0 aliphatic heterocycles. The molecule has 2 aromatic rings. The van der Waals surface area contributed by atoms with Gasteiger partial charge in [-0.3, -0.25) is 9.59 Å². The fourth-order valence-corrected chi connectivity index (χ4v) is 1.82. The van der Waals surface area contributed by atoms with E-state index < -0.39 is 11.6 Å². The molecule has 0 fully saturated rings. The summed E-state index contributed by atoms with van der Waals surface area (Å²) >= 11 is 0. The summed E-state index contributed by atoms with van der Waals surface area (Å²) in [5, 5.41) is 0. The number of carbonyl (C=O) groups excluding carboxylic acids is 2. The highest BCUT2D eigenvalue weighted by atomic mass is 16.6. The molecule has 21 heavy (non-hydrogen) atoms. The smallest absolute Gasteiger partial charge is 0.314 e. The monoisotopic (exact) mass is 287 g/mol. The zero-order valence-electron chi connectivity index (χ0n) is 12.3. The van der Waals surface area contributed by atoms with Crippen LogP contribution in [0, 0.1) is 0 Å². The van der Waals surface area contributed by atoms with Crippen molar-refractivity contribution in [2.75, 3.05) is 0 Å². The second-order valence-electron chi connectivity index (χ2n) is 5.64. The number of esters is 1. The van der Waals surface area contributed by atoms with Gasteiger partial charge in [-0.1, -0.05) is 18.2 Å². The molecule has 0 spiro atoms. The molecule has 0 radical (unpaired) electrons. The fraction of sp³-hybridized carbons (Fsp3) is 0.312. The number of nitrogens with zero attached hydrogens (tertiary/aromatic N) is 1. The lowest BCUT2D eigenvalue weighted by atomic mass is 10.0. The van der Waals surface area contributed by atoms with Crippen molar-refractivity contribution in [3.05, 3.63) is 42.5 Å². The molecule has 0 aliphatic carbocycles. The summed E-state index contributed by atoms with van der Waals surface area (Å²) in [6, 6.07) is 6.91. The van der Waals surface area contributed by atoms with Gasteiger partial charge in [0.05, 0.1) is 0 Å². The van der Waals surface area contributed by atoms with Gasteiger partial charge in [0.15, 0.2) is 12.2 Å². The van der Waals surface area contributed by atoms with Crippen molar-refractivity contribution in [2.45, 2.75) is 32.8 Å². The maximum Gasteiger partial charge on any atom is 0.314 e. The van der Waals surface area contributed by atoms with Crippen LogP contribution in [-0.2, 0) is 9.53 Å². The minimum Gasteiger partial charge on any atom is -0.460 e. The van der Waals surface area contributed by atoms with Crippen LogP contribution >= 0.6 is 0 Å². The van der Waals surface area contributed by atoms with Crippen LogP contribution in [0.15, 0.2) is 41.3 Å². The van der Waals surface area contributed by atoms with E-state index in [-0.39, 0.29) is 12.2 Å². The van der Waals surface area contributed by atoms with E-state index in [1.54, 1.807) is 39.0 Å². The van der Waals surface area contributed by atoms with E-state index in [1.165, 1.54) is 12.7 Å². The molecule has 1 heterocycles. The SMILES string of the molecule is CC(C)(C)OC(=O)CC(=O)c1cccc(-c2cocn2)c1. The molecule has 110 valence electrons.